The highest BCUT2D eigenvalue weighted by molar-refractivity contribution is 5.96. The second kappa shape index (κ2) is 6.95. The molecule has 0 radical (unpaired) electrons. The zero-order valence-corrected chi connectivity index (χ0v) is 15.5. The molecule has 3 aliphatic rings. The molecule has 28 heavy (non-hydrogen) atoms. The number of Topliss-reactive ketones (excluding diaryl/α,β-unsaturated/α-hetero) is 1. The molecule has 2 aliphatic heterocycles. The number of ether oxygens (including phenoxy) is 2. The van der Waals surface area contributed by atoms with Gasteiger partial charge >= 0.3 is 0 Å². The van der Waals surface area contributed by atoms with E-state index in [4.69, 9.17) is 15.2 Å². The highest BCUT2D eigenvalue weighted by Crippen LogP contribution is 2.40. The van der Waals surface area contributed by atoms with Crippen molar-refractivity contribution in [1.29, 1.82) is 0 Å². The average Bonchev–Trinajstić information content (AvgIpc) is 3.39. The normalized spacial score (nSPS) is 22.1. The van der Waals surface area contributed by atoms with Gasteiger partial charge in [0.2, 0.25) is 5.91 Å². The average molecular weight is 395 g/mol. The van der Waals surface area contributed by atoms with E-state index in [0.717, 1.165) is 12.8 Å². The van der Waals surface area contributed by atoms with Crippen LogP contribution in [0.1, 0.15) is 36.2 Å². The number of rotatable bonds is 9. The van der Waals surface area contributed by atoms with Crippen LogP contribution in [0.25, 0.3) is 0 Å². The Morgan fingerprint density at radius 3 is 2.54 bits per heavy atom. The van der Waals surface area contributed by atoms with E-state index >= 15 is 0 Å². The van der Waals surface area contributed by atoms with Crippen molar-refractivity contribution in [2.75, 3.05) is 37.8 Å². The summed E-state index contributed by atoms with van der Waals surface area (Å²) < 4.78 is 37.5. The minimum atomic E-state index is -2.71. The van der Waals surface area contributed by atoms with Crippen molar-refractivity contribution in [3.63, 3.8) is 0 Å². The molecule has 0 aromatic carbocycles. The third kappa shape index (κ3) is 4.09. The molecule has 4 rings (SSSR count). The van der Waals surface area contributed by atoms with Gasteiger partial charge in [0.1, 0.15) is 11.4 Å². The second-order valence-corrected chi connectivity index (χ2v) is 8.24. The molecule has 1 aromatic rings. The molecular weight excluding hydrogens is 372 g/mol. The van der Waals surface area contributed by atoms with Crippen LogP contribution in [0.4, 0.5) is 14.5 Å². The van der Waals surface area contributed by atoms with Crippen molar-refractivity contribution in [2.45, 2.75) is 31.6 Å². The van der Waals surface area contributed by atoms with Gasteiger partial charge in [0.05, 0.1) is 44.8 Å². The molecule has 9 heteroatoms. The van der Waals surface area contributed by atoms with Crippen molar-refractivity contribution in [2.24, 2.45) is 17.1 Å². The standard InChI is InChI=1S/C19H23F2N3O4/c20-19(21)8-24(9-19)14-6-23-13(3-16(14)28-7-12-1-2-12)15(25)4-18(5-17(22)26)10-27-11-18/h3,6,12H,1-2,4-5,7-11H2,(H2,22,26). The first kappa shape index (κ1) is 19.0. The van der Waals surface area contributed by atoms with Crippen molar-refractivity contribution in [1.82, 2.24) is 4.98 Å². The van der Waals surface area contributed by atoms with Crippen molar-refractivity contribution >= 4 is 17.4 Å². The Balaban J connectivity index is 1.51. The lowest BCUT2D eigenvalue weighted by Gasteiger charge is -2.41. The van der Waals surface area contributed by atoms with E-state index in [1.807, 2.05) is 0 Å². The molecule has 2 N–H and O–H groups in total. The molecule has 152 valence electrons. The van der Waals surface area contributed by atoms with Gasteiger partial charge in [-0.25, -0.2) is 8.78 Å². The van der Waals surface area contributed by atoms with E-state index in [-0.39, 0.29) is 37.4 Å². The fraction of sp³-hybridized carbons (Fsp3) is 0.632. The summed E-state index contributed by atoms with van der Waals surface area (Å²) in [6.07, 6.45) is 3.76. The maximum Gasteiger partial charge on any atom is 0.282 e. The summed E-state index contributed by atoms with van der Waals surface area (Å²) in [6.45, 7) is 0.317. The van der Waals surface area contributed by atoms with Crippen LogP contribution in [0.15, 0.2) is 12.3 Å². The molecular formula is C19H23F2N3O4. The number of halogens is 2. The summed E-state index contributed by atoms with van der Waals surface area (Å²) >= 11 is 0. The van der Waals surface area contributed by atoms with Crippen LogP contribution >= 0.6 is 0 Å². The van der Waals surface area contributed by atoms with Crippen LogP contribution in [-0.4, -0.2) is 55.5 Å². The maximum absolute atomic E-state index is 13.3. The van der Waals surface area contributed by atoms with Gasteiger partial charge in [-0.3, -0.25) is 14.6 Å². The molecule has 1 amide bonds. The number of primary amides is 1. The highest BCUT2D eigenvalue weighted by Gasteiger charge is 2.45. The molecule has 3 fully saturated rings. The molecule has 1 saturated carbocycles. The zero-order valence-electron chi connectivity index (χ0n) is 15.5. The third-order valence-corrected chi connectivity index (χ3v) is 5.39. The number of hydrogen-bond acceptors (Lipinski definition) is 6. The molecule has 7 nitrogen and oxygen atoms in total. The maximum atomic E-state index is 13.3. The van der Waals surface area contributed by atoms with E-state index in [1.165, 1.54) is 17.2 Å². The summed E-state index contributed by atoms with van der Waals surface area (Å²) in [7, 11) is 0. The van der Waals surface area contributed by atoms with E-state index in [9.17, 15) is 18.4 Å². The number of hydrogen-bond donors (Lipinski definition) is 1. The van der Waals surface area contributed by atoms with E-state index in [1.54, 1.807) is 0 Å². The number of amides is 1. The van der Waals surface area contributed by atoms with Crippen LogP contribution in [0.3, 0.4) is 0 Å². The largest absolute Gasteiger partial charge is 0.491 e. The molecule has 0 atom stereocenters. The number of nitrogens with zero attached hydrogens (tertiary/aromatic N) is 2. The summed E-state index contributed by atoms with van der Waals surface area (Å²) in [5.41, 5.74) is 5.37. The third-order valence-electron chi connectivity index (χ3n) is 5.39. The summed E-state index contributed by atoms with van der Waals surface area (Å²) in [5, 5.41) is 0. The monoisotopic (exact) mass is 395 g/mol. The van der Waals surface area contributed by atoms with Gasteiger partial charge in [-0.2, -0.15) is 0 Å². The predicted molar refractivity (Wildman–Crippen MR) is 95.6 cm³/mol. The Morgan fingerprint density at radius 2 is 2.00 bits per heavy atom. The summed E-state index contributed by atoms with van der Waals surface area (Å²) in [6, 6.07) is 1.52. The Kier molecular flexibility index (Phi) is 4.73. The van der Waals surface area contributed by atoms with Crippen LogP contribution in [0, 0.1) is 11.3 Å². The van der Waals surface area contributed by atoms with E-state index < -0.39 is 17.2 Å². The van der Waals surface area contributed by atoms with Crippen molar-refractivity contribution in [3.05, 3.63) is 18.0 Å². The number of aromatic nitrogens is 1. The van der Waals surface area contributed by atoms with Crippen LogP contribution < -0.4 is 15.4 Å². The smallest absolute Gasteiger partial charge is 0.282 e. The molecule has 2 saturated heterocycles. The SMILES string of the molecule is NC(=O)CC1(CC(=O)c2cc(OCC3CC3)c(N3CC(F)(F)C3)cn2)COC1. The molecule has 0 spiro atoms. The van der Waals surface area contributed by atoms with Gasteiger partial charge < -0.3 is 20.1 Å². The minimum absolute atomic E-state index is 0.0741. The van der Waals surface area contributed by atoms with Gasteiger partial charge in [0, 0.05) is 24.3 Å². The first-order valence-corrected chi connectivity index (χ1v) is 9.40. The van der Waals surface area contributed by atoms with Gasteiger partial charge in [0.25, 0.3) is 5.92 Å². The Hall–Kier alpha value is -2.29. The lowest BCUT2D eigenvalue weighted by molar-refractivity contribution is -0.139. The first-order chi connectivity index (χ1) is 13.3. The van der Waals surface area contributed by atoms with Crippen LogP contribution in [0.5, 0.6) is 5.75 Å². The quantitative estimate of drug-likeness (QED) is 0.641. The summed E-state index contributed by atoms with van der Waals surface area (Å²) in [5.74, 6) is -2.57. The summed E-state index contributed by atoms with van der Waals surface area (Å²) in [4.78, 5) is 29.7. The van der Waals surface area contributed by atoms with Gasteiger partial charge in [-0.1, -0.05) is 0 Å². The minimum Gasteiger partial charge on any atom is -0.491 e. The number of anilines is 1. The Labute approximate surface area is 161 Å². The van der Waals surface area contributed by atoms with Crippen LogP contribution in [-0.2, 0) is 9.53 Å². The highest BCUT2D eigenvalue weighted by atomic mass is 19.3. The van der Waals surface area contributed by atoms with E-state index in [0.29, 0.717) is 37.2 Å². The number of pyridine rings is 1. The molecule has 1 aromatic heterocycles. The van der Waals surface area contributed by atoms with Gasteiger partial charge in [-0.05, 0) is 18.8 Å². The number of nitrogens with two attached hydrogens (primary N) is 1. The number of carbonyl (C=O) groups excluding carboxylic acids is 2. The Morgan fingerprint density at radius 1 is 1.29 bits per heavy atom. The fourth-order valence-corrected chi connectivity index (χ4v) is 3.57. The topological polar surface area (TPSA) is 94.8 Å². The molecule has 1 aliphatic carbocycles. The number of ketones is 1. The number of carbonyl (C=O) groups is 2. The van der Waals surface area contributed by atoms with Crippen molar-refractivity contribution < 1.29 is 27.8 Å². The van der Waals surface area contributed by atoms with Crippen LogP contribution in [0.2, 0.25) is 0 Å². The fourth-order valence-electron chi connectivity index (χ4n) is 3.57. The van der Waals surface area contributed by atoms with Gasteiger partial charge in [0.15, 0.2) is 5.78 Å². The lowest BCUT2D eigenvalue weighted by Crippen LogP contribution is -2.56. The second-order valence-electron chi connectivity index (χ2n) is 8.24. The first-order valence-electron chi connectivity index (χ1n) is 9.40. The predicted octanol–water partition coefficient (Wildman–Crippen LogP) is 1.79. The Bertz CT molecular complexity index is 785. The zero-order chi connectivity index (χ0) is 19.9. The van der Waals surface area contributed by atoms with E-state index in [2.05, 4.69) is 4.98 Å². The van der Waals surface area contributed by atoms with Gasteiger partial charge in [-0.15, -0.1) is 0 Å². The number of alkyl halides is 2. The van der Waals surface area contributed by atoms with Crippen molar-refractivity contribution in [3.8, 4) is 5.75 Å². The molecule has 0 bridgehead atoms. The lowest BCUT2D eigenvalue weighted by atomic mass is 9.77. The molecule has 0 unspecified atom stereocenters. The molecule has 3 heterocycles.